The van der Waals surface area contributed by atoms with Crippen molar-refractivity contribution >= 4 is 18.0 Å². The average molecular weight is 303 g/mol. The van der Waals surface area contributed by atoms with Gasteiger partial charge < -0.3 is 5.32 Å². The van der Waals surface area contributed by atoms with Gasteiger partial charge in [0.1, 0.15) is 6.42 Å². The van der Waals surface area contributed by atoms with Crippen molar-refractivity contribution in [2.45, 2.75) is 40.0 Å². The van der Waals surface area contributed by atoms with Crippen LogP contribution in [-0.4, -0.2) is 24.6 Å². The number of rotatable bonds is 7. The molecule has 0 spiro atoms. The van der Waals surface area contributed by atoms with E-state index in [4.69, 9.17) is 0 Å². The van der Waals surface area contributed by atoms with E-state index in [1.54, 1.807) is 6.21 Å². The van der Waals surface area contributed by atoms with Gasteiger partial charge in [-0.05, 0) is 23.0 Å². The van der Waals surface area contributed by atoms with Crippen molar-refractivity contribution in [1.29, 1.82) is 0 Å². The fraction of sp³-hybridized carbons (Fsp3) is 0.471. The highest BCUT2D eigenvalue weighted by Gasteiger charge is 2.08. The molecule has 2 amide bonds. The van der Waals surface area contributed by atoms with Crippen molar-refractivity contribution in [2.75, 3.05) is 6.54 Å². The molecule has 0 fully saturated rings. The Hall–Kier alpha value is -2.17. The van der Waals surface area contributed by atoms with Crippen LogP contribution in [-0.2, 0) is 9.59 Å². The summed E-state index contributed by atoms with van der Waals surface area (Å²) >= 11 is 0. The lowest BCUT2D eigenvalue weighted by molar-refractivity contribution is -0.129. The molecular formula is C17H25N3O2. The topological polar surface area (TPSA) is 70.6 Å². The highest BCUT2D eigenvalue weighted by Crippen LogP contribution is 2.13. The third-order valence-corrected chi connectivity index (χ3v) is 3.03. The van der Waals surface area contributed by atoms with E-state index in [-0.39, 0.29) is 12.3 Å². The summed E-state index contributed by atoms with van der Waals surface area (Å²) in [5, 5.41) is 6.55. The lowest BCUT2D eigenvalue weighted by Gasteiger charge is -2.06. The number of nitrogens with zero attached hydrogens (tertiary/aromatic N) is 1. The summed E-state index contributed by atoms with van der Waals surface area (Å²) in [6.45, 7) is 8.82. The van der Waals surface area contributed by atoms with Crippen LogP contribution in [0.5, 0.6) is 0 Å². The van der Waals surface area contributed by atoms with Gasteiger partial charge in [0, 0.05) is 6.54 Å². The van der Waals surface area contributed by atoms with Crippen molar-refractivity contribution in [3.8, 4) is 0 Å². The molecule has 0 aliphatic carbocycles. The van der Waals surface area contributed by atoms with Crippen molar-refractivity contribution in [1.82, 2.24) is 10.7 Å². The number of carbonyl (C=O) groups is 2. The summed E-state index contributed by atoms with van der Waals surface area (Å²) in [4.78, 5) is 23.0. The summed E-state index contributed by atoms with van der Waals surface area (Å²) in [5.41, 5.74) is 4.51. The number of carbonyl (C=O) groups excluding carboxylic acids is 2. The number of hydrazone groups is 1. The first-order valence-electron chi connectivity index (χ1n) is 7.57. The molecule has 120 valence electrons. The van der Waals surface area contributed by atoms with Crippen molar-refractivity contribution in [3.63, 3.8) is 0 Å². The molecule has 0 saturated heterocycles. The Bertz CT molecular complexity index is 519. The SMILES string of the molecule is CC(C)CNC(=O)CC(=O)N/N=C\c1ccc(C(C)C)cc1. The zero-order chi connectivity index (χ0) is 16.5. The largest absolute Gasteiger partial charge is 0.355 e. The van der Waals surface area contributed by atoms with Crippen LogP contribution in [0.4, 0.5) is 0 Å². The van der Waals surface area contributed by atoms with E-state index in [1.165, 1.54) is 5.56 Å². The summed E-state index contributed by atoms with van der Waals surface area (Å²) in [6.07, 6.45) is 1.35. The number of benzene rings is 1. The fourth-order valence-corrected chi connectivity index (χ4v) is 1.71. The molecule has 0 saturated carbocycles. The van der Waals surface area contributed by atoms with Crippen molar-refractivity contribution in [2.24, 2.45) is 11.0 Å². The number of hydrogen-bond donors (Lipinski definition) is 2. The molecule has 0 aliphatic heterocycles. The molecule has 5 heteroatoms. The molecule has 0 aromatic heterocycles. The summed E-state index contributed by atoms with van der Waals surface area (Å²) in [5.74, 6) is 0.132. The van der Waals surface area contributed by atoms with Gasteiger partial charge in [-0.2, -0.15) is 5.10 Å². The van der Waals surface area contributed by atoms with Gasteiger partial charge in [0.2, 0.25) is 11.8 Å². The first kappa shape index (κ1) is 17.9. The molecule has 0 aliphatic rings. The van der Waals surface area contributed by atoms with E-state index in [0.29, 0.717) is 18.4 Å². The minimum Gasteiger partial charge on any atom is -0.355 e. The monoisotopic (exact) mass is 303 g/mol. The normalized spacial score (nSPS) is 11.2. The second-order valence-corrected chi connectivity index (χ2v) is 5.99. The quantitative estimate of drug-likeness (QED) is 0.461. The highest BCUT2D eigenvalue weighted by molar-refractivity contribution is 5.97. The van der Waals surface area contributed by atoms with Gasteiger partial charge >= 0.3 is 0 Å². The van der Waals surface area contributed by atoms with E-state index < -0.39 is 5.91 Å². The Labute approximate surface area is 132 Å². The third-order valence-electron chi connectivity index (χ3n) is 3.03. The maximum atomic E-state index is 11.5. The van der Waals surface area contributed by atoms with Crippen LogP contribution in [0.15, 0.2) is 29.4 Å². The molecule has 1 rings (SSSR count). The molecule has 1 aromatic carbocycles. The van der Waals surface area contributed by atoms with Gasteiger partial charge in [-0.25, -0.2) is 5.43 Å². The molecule has 22 heavy (non-hydrogen) atoms. The number of amides is 2. The van der Waals surface area contributed by atoms with Gasteiger partial charge in [0.05, 0.1) is 6.21 Å². The van der Waals surface area contributed by atoms with E-state index in [9.17, 15) is 9.59 Å². The second-order valence-electron chi connectivity index (χ2n) is 5.99. The van der Waals surface area contributed by atoms with Crippen LogP contribution in [0.25, 0.3) is 0 Å². The minimum atomic E-state index is -0.420. The Kier molecular flexibility index (Phi) is 7.29. The maximum absolute atomic E-state index is 11.5. The lowest BCUT2D eigenvalue weighted by atomic mass is 10.0. The van der Waals surface area contributed by atoms with Crippen molar-refractivity contribution < 1.29 is 9.59 Å². The maximum Gasteiger partial charge on any atom is 0.249 e. The van der Waals surface area contributed by atoms with Crippen LogP contribution in [0.3, 0.4) is 0 Å². The lowest BCUT2D eigenvalue weighted by Crippen LogP contribution is -2.32. The first-order chi connectivity index (χ1) is 10.4. The van der Waals surface area contributed by atoms with Crippen LogP contribution in [0, 0.1) is 5.92 Å². The molecule has 5 nitrogen and oxygen atoms in total. The summed E-state index contributed by atoms with van der Waals surface area (Å²) in [7, 11) is 0. The van der Waals surface area contributed by atoms with E-state index in [0.717, 1.165) is 5.56 Å². The Morgan fingerprint density at radius 2 is 1.73 bits per heavy atom. The van der Waals surface area contributed by atoms with Gasteiger partial charge in [-0.15, -0.1) is 0 Å². The van der Waals surface area contributed by atoms with Crippen LogP contribution >= 0.6 is 0 Å². The van der Waals surface area contributed by atoms with Gasteiger partial charge in [-0.1, -0.05) is 52.0 Å². The standard InChI is InChI=1S/C17H25N3O2/c1-12(2)10-18-16(21)9-17(22)20-19-11-14-5-7-15(8-6-14)13(3)4/h5-8,11-13H,9-10H2,1-4H3,(H,18,21)(H,20,22)/b19-11-. The van der Waals surface area contributed by atoms with Gasteiger partial charge in [0.15, 0.2) is 0 Å². The van der Waals surface area contributed by atoms with Crippen molar-refractivity contribution in [3.05, 3.63) is 35.4 Å². The van der Waals surface area contributed by atoms with Crippen LogP contribution < -0.4 is 10.7 Å². The molecule has 0 unspecified atom stereocenters. The van der Waals surface area contributed by atoms with Crippen LogP contribution in [0.1, 0.15) is 51.2 Å². The third kappa shape index (κ3) is 7.02. The van der Waals surface area contributed by atoms with E-state index >= 15 is 0 Å². The minimum absolute atomic E-state index is 0.212. The highest BCUT2D eigenvalue weighted by atomic mass is 16.2. The first-order valence-corrected chi connectivity index (χ1v) is 7.57. The Morgan fingerprint density at radius 3 is 2.27 bits per heavy atom. The van der Waals surface area contributed by atoms with Gasteiger partial charge in [0.25, 0.3) is 0 Å². The molecule has 2 N–H and O–H groups in total. The Morgan fingerprint density at radius 1 is 1.09 bits per heavy atom. The van der Waals surface area contributed by atoms with Crippen LogP contribution in [0.2, 0.25) is 0 Å². The van der Waals surface area contributed by atoms with E-state index in [2.05, 4.69) is 29.7 Å². The molecule has 0 bridgehead atoms. The second kappa shape index (κ2) is 8.97. The average Bonchev–Trinajstić information content (AvgIpc) is 2.45. The summed E-state index contributed by atoms with van der Waals surface area (Å²) in [6, 6.07) is 7.96. The number of hydrogen-bond acceptors (Lipinski definition) is 3. The summed E-state index contributed by atoms with van der Waals surface area (Å²) < 4.78 is 0. The molecule has 1 aromatic rings. The molecule has 0 heterocycles. The fourth-order valence-electron chi connectivity index (χ4n) is 1.71. The smallest absolute Gasteiger partial charge is 0.249 e. The molecule has 0 radical (unpaired) electrons. The van der Waals surface area contributed by atoms with Gasteiger partial charge in [-0.3, -0.25) is 9.59 Å². The van der Waals surface area contributed by atoms with E-state index in [1.807, 2.05) is 38.1 Å². The molecular weight excluding hydrogens is 278 g/mol. The predicted octanol–water partition coefficient (Wildman–Crippen LogP) is 2.42. The zero-order valence-corrected chi connectivity index (χ0v) is 13.7. The predicted molar refractivity (Wildman–Crippen MR) is 88.7 cm³/mol. The zero-order valence-electron chi connectivity index (χ0n) is 13.7. The number of nitrogens with one attached hydrogen (secondary N) is 2. The Balaban J connectivity index is 2.38. The molecule has 0 atom stereocenters.